The van der Waals surface area contributed by atoms with Gasteiger partial charge in [0.15, 0.2) is 0 Å². The minimum absolute atomic E-state index is 0.314. The van der Waals surface area contributed by atoms with Gasteiger partial charge in [-0.3, -0.25) is 0 Å². The molecule has 0 fully saturated rings. The molecule has 0 aliphatic carbocycles. The molecular formula is C26H50O4S2. The maximum Gasteiger partial charge on any atom is 0.417 e. The van der Waals surface area contributed by atoms with Crippen LogP contribution in [0.25, 0.3) is 0 Å². The summed E-state index contributed by atoms with van der Waals surface area (Å²) in [5.74, 6) is 3.31. The van der Waals surface area contributed by atoms with Crippen molar-refractivity contribution in [1.29, 1.82) is 0 Å². The van der Waals surface area contributed by atoms with Gasteiger partial charge >= 0.3 is 11.9 Å². The van der Waals surface area contributed by atoms with E-state index in [0.717, 1.165) is 38.5 Å². The van der Waals surface area contributed by atoms with E-state index in [9.17, 15) is 9.59 Å². The highest BCUT2D eigenvalue weighted by atomic mass is 32.2. The van der Waals surface area contributed by atoms with Crippen molar-refractivity contribution in [2.24, 2.45) is 0 Å². The Morgan fingerprint density at radius 2 is 0.781 bits per heavy atom. The molecule has 0 saturated heterocycles. The third-order valence-electron chi connectivity index (χ3n) is 5.28. The molecule has 0 spiro atoms. The van der Waals surface area contributed by atoms with Crippen LogP contribution in [-0.2, 0) is 19.1 Å². The van der Waals surface area contributed by atoms with Crippen molar-refractivity contribution < 1.29 is 19.1 Å². The highest BCUT2D eigenvalue weighted by Crippen LogP contribution is 2.12. The molecule has 0 heterocycles. The number of unbranched alkanes of at least 4 members (excludes halogenated alkanes) is 12. The molecule has 4 nitrogen and oxygen atoms in total. The van der Waals surface area contributed by atoms with E-state index in [-0.39, 0.29) is 0 Å². The largest absolute Gasteiger partial charge is 0.457 e. The molecule has 6 heteroatoms. The molecule has 190 valence electrons. The van der Waals surface area contributed by atoms with E-state index in [1.54, 1.807) is 0 Å². The van der Waals surface area contributed by atoms with Crippen molar-refractivity contribution in [2.75, 3.05) is 36.2 Å². The fourth-order valence-electron chi connectivity index (χ4n) is 3.23. The predicted molar refractivity (Wildman–Crippen MR) is 142 cm³/mol. The van der Waals surface area contributed by atoms with Crippen LogP contribution in [0.2, 0.25) is 0 Å². The topological polar surface area (TPSA) is 52.6 Å². The average Bonchev–Trinajstić information content (AvgIpc) is 2.80. The summed E-state index contributed by atoms with van der Waals surface area (Å²) < 4.78 is 10.0. The van der Waals surface area contributed by atoms with Crippen molar-refractivity contribution >= 4 is 35.5 Å². The van der Waals surface area contributed by atoms with E-state index in [2.05, 4.69) is 13.8 Å². The third kappa shape index (κ3) is 24.3. The third-order valence-corrected chi connectivity index (χ3v) is 7.59. The smallest absolute Gasteiger partial charge is 0.417 e. The lowest BCUT2D eigenvalue weighted by molar-refractivity contribution is -0.167. The van der Waals surface area contributed by atoms with Crippen molar-refractivity contribution in [3.05, 3.63) is 0 Å². The van der Waals surface area contributed by atoms with Gasteiger partial charge in [0.25, 0.3) is 0 Å². The van der Waals surface area contributed by atoms with E-state index >= 15 is 0 Å². The maximum atomic E-state index is 11.7. The van der Waals surface area contributed by atoms with Crippen molar-refractivity contribution in [2.45, 2.75) is 117 Å². The zero-order valence-corrected chi connectivity index (χ0v) is 22.6. The molecule has 0 unspecified atom stereocenters. The first-order valence-electron chi connectivity index (χ1n) is 13.2. The van der Waals surface area contributed by atoms with E-state index < -0.39 is 11.9 Å². The fourth-order valence-corrected chi connectivity index (χ4v) is 5.27. The van der Waals surface area contributed by atoms with Gasteiger partial charge in [-0.25, -0.2) is 9.59 Å². The Labute approximate surface area is 207 Å². The highest BCUT2D eigenvalue weighted by Gasteiger charge is 2.16. The van der Waals surface area contributed by atoms with E-state index in [1.165, 1.54) is 87.2 Å². The SMILES string of the molecule is CCCCCCSCCCCCCOC(=O)C(=O)OCCCCCCSCCCCCC. The lowest BCUT2D eigenvalue weighted by Gasteiger charge is -2.06. The van der Waals surface area contributed by atoms with E-state index in [1.807, 2.05) is 23.5 Å². The van der Waals surface area contributed by atoms with Crippen molar-refractivity contribution in [1.82, 2.24) is 0 Å². The van der Waals surface area contributed by atoms with Gasteiger partial charge in [0.05, 0.1) is 13.2 Å². The van der Waals surface area contributed by atoms with Gasteiger partial charge in [-0.2, -0.15) is 23.5 Å². The molecule has 0 bridgehead atoms. The van der Waals surface area contributed by atoms with Crippen LogP contribution in [0.3, 0.4) is 0 Å². The summed E-state index contributed by atoms with van der Waals surface area (Å²) in [6.45, 7) is 5.11. The zero-order chi connectivity index (χ0) is 23.5. The quantitative estimate of drug-likeness (QED) is 0.0781. The molecule has 0 radical (unpaired) electrons. The number of ether oxygens (including phenoxy) is 2. The summed E-state index contributed by atoms with van der Waals surface area (Å²) in [7, 11) is 0. The Balaban J connectivity index is 3.30. The Morgan fingerprint density at radius 1 is 0.469 bits per heavy atom. The number of hydrogen-bond donors (Lipinski definition) is 0. The summed E-state index contributed by atoms with van der Waals surface area (Å²) in [4.78, 5) is 23.3. The number of hydrogen-bond acceptors (Lipinski definition) is 6. The molecule has 0 aliphatic rings. The average molecular weight is 491 g/mol. The molecule has 0 saturated carbocycles. The number of thioether (sulfide) groups is 2. The second-order valence-corrected chi connectivity index (χ2v) is 10.9. The van der Waals surface area contributed by atoms with Crippen molar-refractivity contribution in [3.8, 4) is 0 Å². The van der Waals surface area contributed by atoms with Gasteiger partial charge in [-0.15, -0.1) is 0 Å². The Morgan fingerprint density at radius 3 is 1.12 bits per heavy atom. The van der Waals surface area contributed by atoms with Crippen LogP contribution in [0, 0.1) is 0 Å². The number of carbonyl (C=O) groups is 2. The Kier molecular flexibility index (Phi) is 26.6. The molecule has 0 aliphatic heterocycles. The number of carbonyl (C=O) groups excluding carboxylic acids is 2. The summed E-state index contributed by atoms with van der Waals surface area (Å²) in [5, 5.41) is 0. The molecule has 0 atom stereocenters. The first-order chi connectivity index (χ1) is 15.7. The minimum Gasteiger partial charge on any atom is -0.457 e. The van der Waals surface area contributed by atoms with Gasteiger partial charge in [0.1, 0.15) is 0 Å². The molecule has 0 aromatic rings. The molecule has 0 rings (SSSR count). The molecular weight excluding hydrogens is 440 g/mol. The van der Waals surface area contributed by atoms with Crippen LogP contribution < -0.4 is 0 Å². The highest BCUT2D eigenvalue weighted by molar-refractivity contribution is 7.99. The Hall–Kier alpha value is -0.360. The molecule has 0 aromatic carbocycles. The van der Waals surface area contributed by atoms with Crippen LogP contribution >= 0.6 is 23.5 Å². The lowest BCUT2D eigenvalue weighted by Crippen LogP contribution is -2.21. The molecule has 0 N–H and O–H groups in total. The van der Waals surface area contributed by atoms with Gasteiger partial charge in [-0.05, 0) is 61.5 Å². The first kappa shape index (κ1) is 31.6. The van der Waals surface area contributed by atoms with Crippen LogP contribution in [0.15, 0.2) is 0 Å². The summed E-state index contributed by atoms with van der Waals surface area (Å²) >= 11 is 4.09. The summed E-state index contributed by atoms with van der Waals surface area (Å²) in [5.41, 5.74) is 0. The molecule has 0 aromatic heterocycles. The normalized spacial score (nSPS) is 10.9. The van der Waals surface area contributed by atoms with E-state index in [0.29, 0.717) is 13.2 Å². The second kappa shape index (κ2) is 26.9. The maximum absolute atomic E-state index is 11.7. The standard InChI is InChI=1S/C26H50O4S2/c1-3-5-7-15-21-31-23-17-11-9-13-19-29-25(27)26(28)30-20-14-10-12-18-24-32-22-16-8-6-4-2/h3-24H2,1-2H3. The van der Waals surface area contributed by atoms with E-state index in [4.69, 9.17) is 9.47 Å². The first-order valence-corrected chi connectivity index (χ1v) is 15.5. The fraction of sp³-hybridized carbons (Fsp3) is 0.923. The zero-order valence-electron chi connectivity index (χ0n) is 21.0. The molecule has 0 amide bonds. The predicted octanol–water partition coefficient (Wildman–Crippen LogP) is 7.82. The lowest BCUT2D eigenvalue weighted by atomic mass is 10.2. The summed E-state index contributed by atoms with van der Waals surface area (Å²) in [6, 6.07) is 0. The monoisotopic (exact) mass is 490 g/mol. The van der Waals surface area contributed by atoms with Crippen molar-refractivity contribution in [3.63, 3.8) is 0 Å². The van der Waals surface area contributed by atoms with Gasteiger partial charge in [0.2, 0.25) is 0 Å². The van der Waals surface area contributed by atoms with Crippen LogP contribution in [0.1, 0.15) is 117 Å². The Bertz CT molecular complexity index is 381. The van der Waals surface area contributed by atoms with Crippen LogP contribution in [0.5, 0.6) is 0 Å². The van der Waals surface area contributed by atoms with Gasteiger partial charge in [0, 0.05) is 0 Å². The van der Waals surface area contributed by atoms with Gasteiger partial charge in [-0.1, -0.05) is 78.1 Å². The number of rotatable bonds is 24. The minimum atomic E-state index is -0.841. The number of esters is 2. The summed E-state index contributed by atoms with van der Waals surface area (Å²) in [6.07, 6.45) is 19.1. The van der Waals surface area contributed by atoms with Crippen LogP contribution in [0.4, 0.5) is 0 Å². The second-order valence-electron chi connectivity index (χ2n) is 8.45. The van der Waals surface area contributed by atoms with Crippen LogP contribution in [-0.4, -0.2) is 48.2 Å². The molecule has 32 heavy (non-hydrogen) atoms. The van der Waals surface area contributed by atoms with Gasteiger partial charge < -0.3 is 9.47 Å².